The monoisotopic (exact) mass is 419 g/mol. The molecule has 1 saturated heterocycles. The number of hydrogen-bond acceptors (Lipinski definition) is 3. The molecule has 3 aliphatic carbocycles. The molecule has 5 heteroatoms. The Hall–Kier alpha value is -2.35. The molecule has 1 aliphatic heterocycles. The summed E-state index contributed by atoms with van der Waals surface area (Å²) in [4.78, 5) is 26.1. The highest BCUT2D eigenvalue weighted by molar-refractivity contribution is 6.07. The summed E-state index contributed by atoms with van der Waals surface area (Å²) in [5.41, 5.74) is 1.36. The largest absolute Gasteiger partial charge is 0.352 e. The Balaban J connectivity index is 1.39. The smallest absolute Gasteiger partial charge is 0.237 e. The van der Waals surface area contributed by atoms with Crippen LogP contribution in [0.1, 0.15) is 70.8 Å². The van der Waals surface area contributed by atoms with E-state index in [0.717, 1.165) is 18.3 Å². The van der Waals surface area contributed by atoms with Crippen molar-refractivity contribution in [2.24, 2.45) is 34.5 Å². The summed E-state index contributed by atoms with van der Waals surface area (Å²) in [6, 6.07) is 9.25. The average molecular weight is 420 g/mol. The molecular weight excluding hydrogens is 386 g/mol. The van der Waals surface area contributed by atoms with E-state index in [2.05, 4.69) is 30.6 Å². The number of piperidine rings is 1. The first-order chi connectivity index (χ1) is 14.9. The minimum atomic E-state index is -0.705. The molecule has 4 fully saturated rings. The van der Waals surface area contributed by atoms with Crippen molar-refractivity contribution in [3.63, 3.8) is 0 Å². The normalized spacial score (nSPS) is 41.2. The van der Waals surface area contributed by atoms with Crippen LogP contribution in [-0.2, 0) is 9.59 Å². The van der Waals surface area contributed by atoms with Gasteiger partial charge in [0.15, 0.2) is 0 Å². The van der Waals surface area contributed by atoms with Crippen LogP contribution in [0.25, 0.3) is 0 Å². The second-order valence-electron chi connectivity index (χ2n) is 11.0. The highest BCUT2D eigenvalue weighted by Gasteiger charge is 2.59. The number of nitriles is 1. The first kappa shape index (κ1) is 20.5. The lowest BCUT2D eigenvalue weighted by molar-refractivity contribution is -0.148. The topological polar surface area (TPSA) is 82.0 Å². The van der Waals surface area contributed by atoms with Gasteiger partial charge in [-0.15, -0.1) is 0 Å². The Bertz CT molecular complexity index is 952. The summed E-state index contributed by atoms with van der Waals surface area (Å²) in [6.45, 7) is 4.83. The Morgan fingerprint density at radius 1 is 1.13 bits per heavy atom. The van der Waals surface area contributed by atoms with Crippen LogP contribution >= 0.6 is 0 Å². The van der Waals surface area contributed by atoms with E-state index < -0.39 is 5.92 Å². The molecule has 3 saturated carbocycles. The number of para-hydroxylation sites is 1. The van der Waals surface area contributed by atoms with E-state index in [1.54, 1.807) is 24.3 Å². The van der Waals surface area contributed by atoms with Crippen LogP contribution in [0.2, 0.25) is 0 Å². The summed E-state index contributed by atoms with van der Waals surface area (Å²) in [6.07, 6.45) is 9.40. The van der Waals surface area contributed by atoms with E-state index in [4.69, 9.17) is 0 Å². The van der Waals surface area contributed by atoms with Gasteiger partial charge in [-0.3, -0.25) is 9.59 Å². The van der Waals surface area contributed by atoms with E-state index in [9.17, 15) is 14.9 Å². The van der Waals surface area contributed by atoms with Gasteiger partial charge >= 0.3 is 0 Å². The lowest BCUT2D eigenvalue weighted by Crippen LogP contribution is -2.64. The molecule has 2 unspecified atom stereocenters. The molecule has 31 heavy (non-hydrogen) atoms. The molecule has 0 radical (unpaired) electrons. The molecule has 5 rings (SSSR count). The average Bonchev–Trinajstić information content (AvgIpc) is 3.16. The lowest BCUT2D eigenvalue weighted by atomic mass is 9.47. The van der Waals surface area contributed by atoms with Gasteiger partial charge < -0.3 is 10.6 Å². The number of nitrogens with one attached hydrogen (secondary N) is 2. The first-order valence-corrected chi connectivity index (χ1v) is 12.0. The zero-order chi connectivity index (χ0) is 21.8. The molecule has 1 aromatic rings. The van der Waals surface area contributed by atoms with Crippen LogP contribution < -0.4 is 10.6 Å². The second-order valence-corrected chi connectivity index (χ2v) is 11.0. The van der Waals surface area contributed by atoms with Crippen molar-refractivity contribution in [2.45, 2.75) is 71.3 Å². The van der Waals surface area contributed by atoms with Crippen molar-refractivity contribution in [2.75, 3.05) is 5.32 Å². The first-order valence-electron chi connectivity index (χ1n) is 12.0. The molecule has 0 bridgehead atoms. The van der Waals surface area contributed by atoms with Crippen molar-refractivity contribution in [3.8, 4) is 6.07 Å². The molecule has 2 amide bonds. The van der Waals surface area contributed by atoms with E-state index in [1.807, 2.05) is 0 Å². The summed E-state index contributed by atoms with van der Waals surface area (Å²) < 4.78 is 0. The number of nitrogens with zero attached hydrogens (tertiary/aromatic N) is 1. The number of benzene rings is 1. The molecule has 5 nitrogen and oxygen atoms in total. The third kappa shape index (κ3) is 3.18. The van der Waals surface area contributed by atoms with E-state index in [0.29, 0.717) is 29.0 Å². The summed E-state index contributed by atoms with van der Waals surface area (Å²) in [5, 5.41) is 15.4. The van der Waals surface area contributed by atoms with Crippen molar-refractivity contribution in [1.29, 1.82) is 5.26 Å². The number of fused-ring (bicyclic) bond motifs is 5. The van der Waals surface area contributed by atoms with Gasteiger partial charge in [-0.05, 0) is 85.7 Å². The van der Waals surface area contributed by atoms with Crippen molar-refractivity contribution < 1.29 is 9.59 Å². The number of amides is 2. The summed E-state index contributed by atoms with van der Waals surface area (Å²) in [5.74, 6) is 0.947. The van der Waals surface area contributed by atoms with Crippen LogP contribution in [-0.4, -0.2) is 17.9 Å². The third-order valence-corrected chi connectivity index (χ3v) is 9.55. The van der Waals surface area contributed by atoms with Gasteiger partial charge in [-0.25, -0.2) is 0 Å². The Labute approximate surface area is 185 Å². The number of rotatable bonds is 2. The summed E-state index contributed by atoms with van der Waals surface area (Å²) in [7, 11) is 0. The fourth-order valence-electron chi connectivity index (χ4n) is 7.91. The second kappa shape index (κ2) is 7.36. The van der Waals surface area contributed by atoms with Gasteiger partial charge in [0, 0.05) is 6.04 Å². The van der Waals surface area contributed by atoms with Gasteiger partial charge in [0.2, 0.25) is 11.8 Å². The van der Waals surface area contributed by atoms with Gasteiger partial charge in [-0.2, -0.15) is 5.26 Å². The predicted molar refractivity (Wildman–Crippen MR) is 119 cm³/mol. The summed E-state index contributed by atoms with van der Waals surface area (Å²) >= 11 is 0. The molecular formula is C26H33N3O2. The minimum Gasteiger partial charge on any atom is -0.352 e. The Kier molecular flexibility index (Phi) is 4.88. The van der Waals surface area contributed by atoms with E-state index in [-0.39, 0.29) is 23.3 Å². The van der Waals surface area contributed by atoms with Crippen molar-refractivity contribution in [3.05, 3.63) is 29.8 Å². The van der Waals surface area contributed by atoms with Crippen LogP contribution in [0.15, 0.2) is 24.3 Å². The zero-order valence-electron chi connectivity index (χ0n) is 18.6. The minimum absolute atomic E-state index is 0.0441. The lowest BCUT2D eigenvalue weighted by Gasteiger charge is -2.60. The van der Waals surface area contributed by atoms with E-state index >= 15 is 0 Å². The molecule has 2 N–H and O–H groups in total. The number of carbonyl (C=O) groups is 2. The molecule has 7 atom stereocenters. The third-order valence-electron chi connectivity index (χ3n) is 9.55. The Morgan fingerprint density at radius 2 is 1.94 bits per heavy atom. The highest BCUT2D eigenvalue weighted by atomic mass is 16.2. The van der Waals surface area contributed by atoms with Gasteiger partial charge in [-0.1, -0.05) is 32.4 Å². The van der Waals surface area contributed by atoms with Gasteiger partial charge in [0.05, 0.1) is 11.3 Å². The SMILES string of the molecule is C[C@@]12CCC[C@H]1[C@@H]1CCC3NC(=O)C(C(=O)Nc4ccccc4C#N)C[C@]3(C)[C@@H]1CC2. The highest BCUT2D eigenvalue weighted by Crippen LogP contribution is 2.64. The molecule has 0 spiro atoms. The molecule has 1 aromatic carbocycles. The van der Waals surface area contributed by atoms with Crippen LogP contribution in [0.5, 0.6) is 0 Å². The number of anilines is 1. The molecule has 164 valence electrons. The quantitative estimate of drug-likeness (QED) is 0.686. The fraction of sp³-hybridized carbons (Fsp3) is 0.654. The Morgan fingerprint density at radius 3 is 2.74 bits per heavy atom. The molecule has 4 aliphatic rings. The van der Waals surface area contributed by atoms with Gasteiger partial charge in [0.25, 0.3) is 0 Å². The maximum absolute atomic E-state index is 13.2. The maximum atomic E-state index is 13.2. The van der Waals surface area contributed by atoms with Crippen LogP contribution in [0.4, 0.5) is 5.69 Å². The fourth-order valence-corrected chi connectivity index (χ4v) is 7.91. The standard InChI is InChI=1S/C26H33N3O2/c1-25-12-5-7-19(25)17-9-10-22-26(2,20(17)11-13-25)14-18(24(31)29-22)23(30)28-21-8-4-3-6-16(21)15-27/h3-4,6,8,17-20,22H,5,7,9-14H2,1-2H3,(H,28,30)(H,29,31)/t17-,18?,19-,20+,22?,25-,26+/m0/s1. The van der Waals surface area contributed by atoms with Crippen molar-refractivity contribution >= 4 is 17.5 Å². The van der Waals surface area contributed by atoms with Crippen LogP contribution in [0, 0.1) is 45.8 Å². The van der Waals surface area contributed by atoms with E-state index in [1.165, 1.54) is 38.5 Å². The van der Waals surface area contributed by atoms with Gasteiger partial charge in [0.1, 0.15) is 12.0 Å². The number of hydrogen-bond donors (Lipinski definition) is 2. The zero-order valence-corrected chi connectivity index (χ0v) is 18.6. The number of carbonyl (C=O) groups excluding carboxylic acids is 2. The maximum Gasteiger partial charge on any atom is 0.237 e. The van der Waals surface area contributed by atoms with Crippen molar-refractivity contribution in [1.82, 2.24) is 5.32 Å². The van der Waals surface area contributed by atoms with Crippen LogP contribution in [0.3, 0.4) is 0 Å². The predicted octanol–water partition coefficient (Wildman–Crippen LogP) is 4.63. The molecule has 1 heterocycles. The molecule has 0 aromatic heterocycles.